The summed E-state index contributed by atoms with van der Waals surface area (Å²) in [6.07, 6.45) is 0.936. The van der Waals surface area contributed by atoms with Gasteiger partial charge in [0.2, 0.25) is 5.91 Å². The largest absolute Gasteiger partial charge is 0.367 e. The van der Waals surface area contributed by atoms with Gasteiger partial charge < -0.3 is 9.80 Å². The molecule has 0 bridgehead atoms. The molecule has 32 heavy (non-hydrogen) atoms. The average Bonchev–Trinajstić information content (AvgIpc) is 2.81. The first kappa shape index (κ1) is 22.4. The Labute approximate surface area is 197 Å². The van der Waals surface area contributed by atoms with Gasteiger partial charge in [0.25, 0.3) is 5.56 Å². The second-order valence-corrected chi connectivity index (χ2v) is 8.55. The summed E-state index contributed by atoms with van der Waals surface area (Å²) < 4.78 is 1.42. The highest BCUT2D eigenvalue weighted by molar-refractivity contribution is 6.33. The quantitative estimate of drug-likeness (QED) is 0.537. The first-order valence-corrected chi connectivity index (χ1v) is 11.4. The number of para-hydroxylation sites is 1. The number of anilines is 1. The molecule has 0 aliphatic carbocycles. The van der Waals surface area contributed by atoms with Crippen LogP contribution in [0.5, 0.6) is 0 Å². The summed E-state index contributed by atoms with van der Waals surface area (Å²) in [6.45, 7) is 3.22. The number of carbonyl (C=O) groups is 1. The molecule has 4 rings (SSSR count). The normalized spacial score (nSPS) is 13.9. The molecule has 2 aromatic carbocycles. The maximum absolute atomic E-state index is 12.7. The topological polar surface area (TPSA) is 58.4 Å². The zero-order valence-corrected chi connectivity index (χ0v) is 19.1. The number of benzene rings is 2. The highest BCUT2D eigenvalue weighted by atomic mass is 35.5. The maximum atomic E-state index is 12.7. The Kier molecular flexibility index (Phi) is 7.12. The summed E-state index contributed by atoms with van der Waals surface area (Å²) in [5.74, 6) is 0.103. The number of nitrogens with zero attached hydrogens (tertiary/aromatic N) is 4. The van der Waals surface area contributed by atoms with Crippen molar-refractivity contribution in [3.63, 3.8) is 0 Å². The van der Waals surface area contributed by atoms with E-state index in [-0.39, 0.29) is 11.5 Å². The second-order valence-electron chi connectivity index (χ2n) is 7.71. The van der Waals surface area contributed by atoms with Gasteiger partial charge in [0, 0.05) is 55.8 Å². The molecule has 166 valence electrons. The van der Waals surface area contributed by atoms with E-state index in [0.29, 0.717) is 43.2 Å². The molecule has 0 radical (unpaired) electrons. The molecule has 3 aromatic rings. The first-order valence-electron chi connectivity index (χ1n) is 10.6. The van der Waals surface area contributed by atoms with E-state index in [0.717, 1.165) is 29.4 Å². The molecule has 8 heteroatoms. The molecular formula is C24H24Cl2N4O2. The molecule has 0 saturated carbocycles. The SMILES string of the molecule is O=C(CCCn1nc(-c2ccc(Cl)cc2)ccc1=O)N1CCN(c2ccccc2Cl)CC1. The van der Waals surface area contributed by atoms with E-state index in [4.69, 9.17) is 23.2 Å². The monoisotopic (exact) mass is 470 g/mol. The van der Waals surface area contributed by atoms with Crippen LogP contribution in [0.2, 0.25) is 10.0 Å². The minimum Gasteiger partial charge on any atom is -0.367 e. The Balaban J connectivity index is 1.30. The number of amides is 1. The third-order valence-corrected chi connectivity index (χ3v) is 6.16. The summed E-state index contributed by atoms with van der Waals surface area (Å²) in [4.78, 5) is 29.0. The minimum absolute atomic E-state index is 0.103. The molecular weight excluding hydrogens is 447 g/mol. The van der Waals surface area contributed by atoms with Gasteiger partial charge in [-0.25, -0.2) is 4.68 Å². The molecule has 1 aliphatic heterocycles. The molecule has 1 amide bonds. The van der Waals surface area contributed by atoms with Crippen LogP contribution in [0.3, 0.4) is 0 Å². The van der Waals surface area contributed by atoms with Crippen molar-refractivity contribution in [2.75, 3.05) is 31.1 Å². The number of rotatable bonds is 6. The molecule has 2 heterocycles. The van der Waals surface area contributed by atoms with Crippen LogP contribution in [0.25, 0.3) is 11.3 Å². The number of aromatic nitrogens is 2. The zero-order chi connectivity index (χ0) is 22.5. The minimum atomic E-state index is -0.177. The Bertz CT molecular complexity index is 1140. The van der Waals surface area contributed by atoms with Crippen molar-refractivity contribution in [3.05, 3.63) is 81.1 Å². The van der Waals surface area contributed by atoms with Gasteiger partial charge >= 0.3 is 0 Å². The summed E-state index contributed by atoms with van der Waals surface area (Å²) in [5, 5.41) is 5.82. The third kappa shape index (κ3) is 5.31. The van der Waals surface area contributed by atoms with E-state index in [1.54, 1.807) is 18.2 Å². The van der Waals surface area contributed by atoms with Gasteiger partial charge in [-0.1, -0.05) is 47.5 Å². The molecule has 1 aromatic heterocycles. The van der Waals surface area contributed by atoms with E-state index in [2.05, 4.69) is 10.00 Å². The van der Waals surface area contributed by atoms with Crippen LogP contribution >= 0.6 is 23.2 Å². The van der Waals surface area contributed by atoms with Gasteiger partial charge in [0.1, 0.15) is 0 Å². The van der Waals surface area contributed by atoms with Crippen LogP contribution in [0.1, 0.15) is 12.8 Å². The Morgan fingerprint density at radius 2 is 1.62 bits per heavy atom. The van der Waals surface area contributed by atoms with Gasteiger partial charge in [0.15, 0.2) is 0 Å². The van der Waals surface area contributed by atoms with Crippen molar-refractivity contribution in [1.82, 2.24) is 14.7 Å². The van der Waals surface area contributed by atoms with Crippen molar-refractivity contribution in [1.29, 1.82) is 0 Å². The highest BCUT2D eigenvalue weighted by Gasteiger charge is 2.22. The van der Waals surface area contributed by atoms with E-state index in [9.17, 15) is 9.59 Å². The number of hydrogen-bond acceptors (Lipinski definition) is 4. The fourth-order valence-electron chi connectivity index (χ4n) is 3.83. The number of aryl methyl sites for hydroxylation is 1. The molecule has 1 saturated heterocycles. The number of hydrogen-bond donors (Lipinski definition) is 0. The van der Waals surface area contributed by atoms with Gasteiger partial charge in [0.05, 0.1) is 16.4 Å². The Hall–Kier alpha value is -2.83. The second kappa shape index (κ2) is 10.2. The summed E-state index contributed by atoms with van der Waals surface area (Å²) in [6, 6.07) is 18.3. The fourth-order valence-corrected chi connectivity index (χ4v) is 4.21. The number of halogens is 2. The van der Waals surface area contributed by atoms with Gasteiger partial charge in [-0.3, -0.25) is 9.59 Å². The smallest absolute Gasteiger partial charge is 0.266 e. The lowest BCUT2D eigenvalue weighted by Gasteiger charge is -2.36. The fraction of sp³-hybridized carbons (Fsp3) is 0.292. The summed E-state index contributed by atoms with van der Waals surface area (Å²) in [5.41, 5.74) is 2.41. The Morgan fingerprint density at radius 1 is 0.906 bits per heavy atom. The standard InChI is InChI=1S/C24H24Cl2N4O2/c25-19-9-7-18(8-10-19)21-11-12-24(32)30(27-21)13-3-6-23(31)29-16-14-28(15-17-29)22-5-2-1-4-20(22)26/h1-2,4-5,7-12H,3,6,13-17H2. The summed E-state index contributed by atoms with van der Waals surface area (Å²) in [7, 11) is 0. The van der Waals surface area contributed by atoms with Crippen LogP contribution < -0.4 is 10.5 Å². The van der Waals surface area contributed by atoms with Crippen LogP contribution in [0, 0.1) is 0 Å². The molecule has 1 fully saturated rings. The van der Waals surface area contributed by atoms with E-state index in [1.165, 1.54) is 10.7 Å². The van der Waals surface area contributed by atoms with Crippen molar-refractivity contribution in [3.8, 4) is 11.3 Å². The van der Waals surface area contributed by atoms with Gasteiger partial charge in [-0.15, -0.1) is 0 Å². The molecule has 0 N–H and O–H groups in total. The number of carbonyl (C=O) groups excluding carboxylic acids is 1. The Morgan fingerprint density at radius 3 is 2.34 bits per heavy atom. The number of piperazine rings is 1. The predicted molar refractivity (Wildman–Crippen MR) is 128 cm³/mol. The lowest BCUT2D eigenvalue weighted by Crippen LogP contribution is -2.48. The zero-order valence-electron chi connectivity index (χ0n) is 17.6. The molecule has 0 unspecified atom stereocenters. The lowest BCUT2D eigenvalue weighted by atomic mass is 10.1. The van der Waals surface area contributed by atoms with E-state index >= 15 is 0 Å². The van der Waals surface area contributed by atoms with Crippen LogP contribution in [0.15, 0.2) is 65.5 Å². The van der Waals surface area contributed by atoms with Crippen molar-refractivity contribution in [2.45, 2.75) is 19.4 Å². The van der Waals surface area contributed by atoms with Crippen molar-refractivity contribution in [2.24, 2.45) is 0 Å². The van der Waals surface area contributed by atoms with Crippen LogP contribution in [-0.4, -0.2) is 46.8 Å². The van der Waals surface area contributed by atoms with Gasteiger partial charge in [-0.2, -0.15) is 5.10 Å². The predicted octanol–water partition coefficient (Wildman–Crippen LogP) is 4.35. The van der Waals surface area contributed by atoms with E-state index < -0.39 is 0 Å². The first-order chi connectivity index (χ1) is 15.5. The van der Waals surface area contributed by atoms with Crippen molar-refractivity contribution < 1.29 is 4.79 Å². The van der Waals surface area contributed by atoms with Crippen LogP contribution in [0.4, 0.5) is 5.69 Å². The van der Waals surface area contributed by atoms with Gasteiger partial charge in [-0.05, 0) is 36.8 Å². The summed E-state index contributed by atoms with van der Waals surface area (Å²) >= 11 is 12.2. The van der Waals surface area contributed by atoms with Crippen molar-refractivity contribution >= 4 is 34.8 Å². The molecule has 0 atom stereocenters. The average molecular weight is 471 g/mol. The van der Waals surface area contributed by atoms with Crippen LogP contribution in [-0.2, 0) is 11.3 Å². The third-order valence-electron chi connectivity index (χ3n) is 5.59. The van der Waals surface area contributed by atoms with E-state index in [1.807, 2.05) is 41.3 Å². The molecule has 0 spiro atoms. The maximum Gasteiger partial charge on any atom is 0.266 e. The lowest BCUT2D eigenvalue weighted by molar-refractivity contribution is -0.131. The molecule has 1 aliphatic rings. The molecule has 6 nitrogen and oxygen atoms in total. The highest BCUT2D eigenvalue weighted by Crippen LogP contribution is 2.26.